The van der Waals surface area contributed by atoms with Crippen molar-refractivity contribution < 1.29 is 14.2 Å². The molecule has 0 fully saturated rings. The zero-order chi connectivity index (χ0) is 12.6. The van der Waals surface area contributed by atoms with E-state index in [1.54, 1.807) is 21.3 Å². The van der Waals surface area contributed by atoms with Crippen LogP contribution in [0, 0.1) is 5.92 Å². The first-order chi connectivity index (χ1) is 8.13. The first kappa shape index (κ1) is 12.0. The lowest BCUT2D eigenvalue weighted by atomic mass is 10.0. The Morgan fingerprint density at radius 2 is 1.76 bits per heavy atom. The van der Waals surface area contributed by atoms with Gasteiger partial charge in [-0.25, -0.2) is 0 Å². The summed E-state index contributed by atoms with van der Waals surface area (Å²) in [5, 5.41) is 0. The zero-order valence-corrected chi connectivity index (χ0v) is 10.7. The number of rotatable bonds is 3. The molecule has 0 aromatic heterocycles. The van der Waals surface area contributed by atoms with Gasteiger partial charge in [0, 0.05) is 23.2 Å². The average molecular weight is 237 g/mol. The summed E-state index contributed by atoms with van der Waals surface area (Å²) in [7, 11) is 4.92. The van der Waals surface area contributed by atoms with E-state index in [1.165, 1.54) is 0 Å². The summed E-state index contributed by atoms with van der Waals surface area (Å²) < 4.78 is 16.2. The van der Waals surface area contributed by atoms with Crippen LogP contribution in [-0.4, -0.2) is 21.3 Å². The number of hydrogen-bond donors (Lipinski definition) is 1. The van der Waals surface area contributed by atoms with Crippen LogP contribution in [0.15, 0.2) is 6.07 Å². The maximum Gasteiger partial charge on any atom is 0.166 e. The standard InChI is InChI=1S/C13H19NO3/c1-7-5-8-9(15-2)6-10(16-3)13(17-4)11(8)12(7)14/h6-7,12H,5,14H2,1-4H3. The molecule has 0 radical (unpaired) electrons. The molecule has 0 aliphatic heterocycles. The summed E-state index contributed by atoms with van der Waals surface area (Å²) in [5.41, 5.74) is 8.39. The molecule has 0 spiro atoms. The second-order valence-corrected chi connectivity index (χ2v) is 4.41. The molecule has 2 atom stereocenters. The molecular weight excluding hydrogens is 218 g/mol. The molecule has 1 aromatic rings. The Balaban J connectivity index is 2.66. The van der Waals surface area contributed by atoms with Gasteiger partial charge in [0.1, 0.15) is 5.75 Å². The van der Waals surface area contributed by atoms with Crippen molar-refractivity contribution in [1.82, 2.24) is 0 Å². The Morgan fingerprint density at radius 3 is 2.29 bits per heavy atom. The second kappa shape index (κ2) is 4.45. The summed E-state index contributed by atoms with van der Waals surface area (Å²) in [5.74, 6) is 2.63. The molecule has 2 unspecified atom stereocenters. The molecule has 0 heterocycles. The minimum Gasteiger partial charge on any atom is -0.496 e. The Bertz CT molecular complexity index is 431. The van der Waals surface area contributed by atoms with Crippen LogP contribution in [0.2, 0.25) is 0 Å². The molecule has 0 bridgehead atoms. The van der Waals surface area contributed by atoms with Gasteiger partial charge in [0.05, 0.1) is 21.3 Å². The normalized spacial score (nSPS) is 22.2. The van der Waals surface area contributed by atoms with E-state index in [9.17, 15) is 0 Å². The Morgan fingerprint density at radius 1 is 1.12 bits per heavy atom. The highest BCUT2D eigenvalue weighted by atomic mass is 16.5. The third-order valence-electron chi connectivity index (χ3n) is 3.47. The maximum absolute atomic E-state index is 6.22. The van der Waals surface area contributed by atoms with Crippen LogP contribution >= 0.6 is 0 Å². The lowest BCUT2D eigenvalue weighted by Gasteiger charge is -2.17. The fourth-order valence-corrected chi connectivity index (χ4v) is 2.52. The number of nitrogens with two attached hydrogens (primary N) is 1. The summed E-state index contributed by atoms with van der Waals surface area (Å²) in [6, 6.07) is 1.84. The van der Waals surface area contributed by atoms with Crippen LogP contribution in [-0.2, 0) is 6.42 Å². The van der Waals surface area contributed by atoms with Gasteiger partial charge in [-0.3, -0.25) is 0 Å². The fourth-order valence-electron chi connectivity index (χ4n) is 2.52. The van der Waals surface area contributed by atoms with Gasteiger partial charge < -0.3 is 19.9 Å². The quantitative estimate of drug-likeness (QED) is 0.872. The molecule has 1 aliphatic rings. The van der Waals surface area contributed by atoms with Crippen molar-refractivity contribution in [2.75, 3.05) is 21.3 Å². The van der Waals surface area contributed by atoms with Crippen molar-refractivity contribution >= 4 is 0 Å². The lowest BCUT2D eigenvalue weighted by Crippen LogP contribution is -2.14. The van der Waals surface area contributed by atoms with Crippen LogP contribution in [0.25, 0.3) is 0 Å². The molecule has 1 aliphatic carbocycles. The number of ether oxygens (including phenoxy) is 3. The summed E-state index contributed by atoms with van der Waals surface area (Å²) in [6.45, 7) is 2.13. The molecule has 0 amide bonds. The van der Waals surface area contributed by atoms with E-state index in [4.69, 9.17) is 19.9 Å². The zero-order valence-electron chi connectivity index (χ0n) is 10.7. The highest BCUT2D eigenvalue weighted by Gasteiger charge is 2.34. The predicted molar refractivity (Wildman–Crippen MR) is 65.9 cm³/mol. The minimum absolute atomic E-state index is 0.0241. The van der Waals surface area contributed by atoms with Crippen molar-refractivity contribution in [3.05, 3.63) is 17.2 Å². The Hall–Kier alpha value is -1.42. The van der Waals surface area contributed by atoms with Gasteiger partial charge in [0.2, 0.25) is 0 Å². The molecule has 2 N–H and O–H groups in total. The monoisotopic (exact) mass is 237 g/mol. The number of hydrogen-bond acceptors (Lipinski definition) is 4. The topological polar surface area (TPSA) is 53.7 Å². The van der Waals surface area contributed by atoms with Crippen molar-refractivity contribution in [3.8, 4) is 17.2 Å². The van der Waals surface area contributed by atoms with E-state index in [0.717, 1.165) is 29.0 Å². The van der Waals surface area contributed by atoms with Gasteiger partial charge in [-0.2, -0.15) is 0 Å². The fraction of sp³-hybridized carbons (Fsp3) is 0.538. The van der Waals surface area contributed by atoms with Gasteiger partial charge in [-0.15, -0.1) is 0 Å². The SMILES string of the molecule is COc1cc(OC)c(OC)c2c1CC(C)C2N. The van der Waals surface area contributed by atoms with Gasteiger partial charge in [-0.05, 0) is 12.3 Å². The molecule has 17 heavy (non-hydrogen) atoms. The second-order valence-electron chi connectivity index (χ2n) is 4.41. The summed E-state index contributed by atoms with van der Waals surface area (Å²) >= 11 is 0. The number of fused-ring (bicyclic) bond motifs is 1. The van der Waals surface area contributed by atoms with Crippen LogP contribution in [0.1, 0.15) is 24.1 Å². The molecular formula is C13H19NO3. The van der Waals surface area contributed by atoms with Gasteiger partial charge in [0.15, 0.2) is 11.5 Å². The molecule has 4 nitrogen and oxygen atoms in total. The largest absolute Gasteiger partial charge is 0.496 e. The van der Waals surface area contributed by atoms with Crippen molar-refractivity contribution in [2.24, 2.45) is 11.7 Å². The Kier molecular flexibility index (Phi) is 3.15. The van der Waals surface area contributed by atoms with E-state index in [0.29, 0.717) is 11.7 Å². The third-order valence-corrected chi connectivity index (χ3v) is 3.47. The predicted octanol–water partition coefficient (Wildman–Crippen LogP) is 1.90. The molecule has 4 heteroatoms. The van der Waals surface area contributed by atoms with E-state index < -0.39 is 0 Å². The van der Waals surface area contributed by atoms with Crippen LogP contribution < -0.4 is 19.9 Å². The first-order valence-corrected chi connectivity index (χ1v) is 5.71. The Labute approximate surface area is 102 Å². The maximum atomic E-state index is 6.22. The highest BCUT2D eigenvalue weighted by Crippen LogP contribution is 2.48. The molecule has 1 aromatic carbocycles. The highest BCUT2D eigenvalue weighted by molar-refractivity contribution is 5.60. The van der Waals surface area contributed by atoms with Gasteiger partial charge in [-0.1, -0.05) is 6.92 Å². The van der Waals surface area contributed by atoms with E-state index >= 15 is 0 Å². The van der Waals surface area contributed by atoms with Crippen molar-refractivity contribution in [1.29, 1.82) is 0 Å². The van der Waals surface area contributed by atoms with Crippen molar-refractivity contribution in [2.45, 2.75) is 19.4 Å². The average Bonchev–Trinajstić information content (AvgIpc) is 2.64. The van der Waals surface area contributed by atoms with E-state index in [-0.39, 0.29) is 6.04 Å². The molecule has 0 saturated heterocycles. The molecule has 0 saturated carbocycles. The molecule has 2 rings (SSSR count). The van der Waals surface area contributed by atoms with Crippen LogP contribution in [0.4, 0.5) is 0 Å². The molecule has 94 valence electrons. The van der Waals surface area contributed by atoms with Crippen LogP contribution in [0.5, 0.6) is 17.2 Å². The summed E-state index contributed by atoms with van der Waals surface area (Å²) in [4.78, 5) is 0. The van der Waals surface area contributed by atoms with E-state index in [1.807, 2.05) is 6.07 Å². The van der Waals surface area contributed by atoms with Crippen LogP contribution in [0.3, 0.4) is 0 Å². The minimum atomic E-state index is -0.0241. The van der Waals surface area contributed by atoms with Crippen molar-refractivity contribution in [3.63, 3.8) is 0 Å². The first-order valence-electron chi connectivity index (χ1n) is 5.71. The summed E-state index contributed by atoms with van der Waals surface area (Å²) in [6.07, 6.45) is 0.917. The number of benzene rings is 1. The van der Waals surface area contributed by atoms with Gasteiger partial charge in [0.25, 0.3) is 0 Å². The third kappa shape index (κ3) is 1.72. The number of methoxy groups -OCH3 is 3. The smallest absolute Gasteiger partial charge is 0.166 e. The van der Waals surface area contributed by atoms with E-state index in [2.05, 4.69) is 6.92 Å². The lowest BCUT2D eigenvalue weighted by molar-refractivity contribution is 0.343. The van der Waals surface area contributed by atoms with Gasteiger partial charge >= 0.3 is 0 Å².